The predicted octanol–water partition coefficient (Wildman–Crippen LogP) is 5.63. The molecule has 4 nitrogen and oxygen atoms in total. The van der Waals surface area contributed by atoms with Gasteiger partial charge in [0.1, 0.15) is 11.5 Å². The summed E-state index contributed by atoms with van der Waals surface area (Å²) in [6.45, 7) is 5.78. The van der Waals surface area contributed by atoms with E-state index in [9.17, 15) is 0 Å². The molecule has 0 atom stereocenters. The monoisotopic (exact) mass is 424 g/mol. The van der Waals surface area contributed by atoms with E-state index in [0.717, 1.165) is 67.1 Å². The van der Waals surface area contributed by atoms with Crippen molar-refractivity contribution in [2.45, 2.75) is 39.5 Å². The fourth-order valence-corrected chi connectivity index (χ4v) is 2.67. The molecule has 0 unspecified atom stereocenters. The first-order valence-corrected chi connectivity index (χ1v) is 11.1. The van der Waals surface area contributed by atoms with E-state index in [1.807, 2.05) is 48.5 Å². The van der Waals surface area contributed by atoms with Crippen molar-refractivity contribution in [1.29, 1.82) is 0 Å². The SMILES string of the molecule is CCCCOc1ccc(C#Cc2cnc(C#Cc3ccc(OCCCC)cc3)nc2)cc1. The van der Waals surface area contributed by atoms with Gasteiger partial charge in [-0.15, -0.1) is 0 Å². The molecule has 0 aliphatic heterocycles. The maximum absolute atomic E-state index is 5.67. The van der Waals surface area contributed by atoms with Crippen molar-refractivity contribution in [3.63, 3.8) is 0 Å². The van der Waals surface area contributed by atoms with Crippen molar-refractivity contribution in [3.05, 3.63) is 83.4 Å². The molecule has 1 heterocycles. The predicted molar refractivity (Wildman–Crippen MR) is 128 cm³/mol. The van der Waals surface area contributed by atoms with Crippen molar-refractivity contribution in [2.75, 3.05) is 13.2 Å². The van der Waals surface area contributed by atoms with Crippen LogP contribution in [0.15, 0.2) is 60.9 Å². The minimum atomic E-state index is 0.465. The topological polar surface area (TPSA) is 44.2 Å². The lowest BCUT2D eigenvalue weighted by atomic mass is 10.2. The highest BCUT2D eigenvalue weighted by Gasteiger charge is 1.96. The highest BCUT2D eigenvalue weighted by Crippen LogP contribution is 2.13. The Bertz CT molecular complexity index is 991. The van der Waals surface area contributed by atoms with Crippen molar-refractivity contribution in [1.82, 2.24) is 9.97 Å². The Hall–Kier alpha value is -3.76. The van der Waals surface area contributed by atoms with Crippen molar-refractivity contribution >= 4 is 0 Å². The molecule has 0 spiro atoms. The van der Waals surface area contributed by atoms with E-state index in [0.29, 0.717) is 5.82 Å². The van der Waals surface area contributed by atoms with Crippen LogP contribution in [0.4, 0.5) is 0 Å². The molecule has 0 radical (unpaired) electrons. The lowest BCUT2D eigenvalue weighted by molar-refractivity contribution is 0.309. The lowest BCUT2D eigenvalue weighted by Gasteiger charge is -2.04. The van der Waals surface area contributed by atoms with Crippen LogP contribution < -0.4 is 9.47 Å². The Kier molecular flexibility index (Phi) is 9.18. The highest BCUT2D eigenvalue weighted by atomic mass is 16.5. The van der Waals surface area contributed by atoms with Gasteiger partial charge in [-0.05, 0) is 67.3 Å². The summed E-state index contributed by atoms with van der Waals surface area (Å²) in [5.41, 5.74) is 2.55. The zero-order valence-electron chi connectivity index (χ0n) is 18.7. The third-order valence-electron chi connectivity index (χ3n) is 4.56. The standard InChI is InChI=1S/C28H28N2O2/c1-3-5-19-31-26-14-9-23(10-15-26)7-8-25-21-29-28(30-22-25)18-13-24-11-16-27(17-12-24)32-20-6-4-2/h9-12,14-17,21-22H,3-6,19-20H2,1-2H3. The molecule has 0 saturated carbocycles. The second kappa shape index (κ2) is 12.8. The quantitative estimate of drug-likeness (QED) is 0.347. The first kappa shape index (κ1) is 22.9. The molecule has 162 valence electrons. The number of hydrogen-bond acceptors (Lipinski definition) is 4. The minimum absolute atomic E-state index is 0.465. The van der Waals surface area contributed by atoms with Gasteiger partial charge in [-0.25, -0.2) is 9.97 Å². The van der Waals surface area contributed by atoms with Crippen LogP contribution in [-0.2, 0) is 0 Å². The number of aromatic nitrogens is 2. The summed E-state index contributed by atoms with van der Waals surface area (Å²) in [6, 6.07) is 15.5. The molecule has 0 fully saturated rings. The molecule has 1 aromatic heterocycles. The number of unbranched alkanes of at least 4 members (excludes halogenated alkanes) is 2. The second-order valence-electron chi connectivity index (χ2n) is 7.25. The summed E-state index contributed by atoms with van der Waals surface area (Å²) in [5, 5.41) is 0. The molecule has 4 heteroatoms. The summed E-state index contributed by atoms with van der Waals surface area (Å²) in [6.07, 6.45) is 7.74. The van der Waals surface area contributed by atoms with Gasteiger partial charge in [0, 0.05) is 23.5 Å². The fourth-order valence-electron chi connectivity index (χ4n) is 2.67. The Labute approximate surface area is 191 Å². The summed E-state index contributed by atoms with van der Waals surface area (Å²) < 4.78 is 11.3. The number of ether oxygens (including phenoxy) is 2. The third-order valence-corrected chi connectivity index (χ3v) is 4.56. The summed E-state index contributed by atoms with van der Waals surface area (Å²) >= 11 is 0. The zero-order chi connectivity index (χ0) is 22.4. The molecule has 0 aliphatic carbocycles. The van der Waals surface area contributed by atoms with E-state index in [4.69, 9.17) is 9.47 Å². The summed E-state index contributed by atoms with van der Waals surface area (Å²) in [7, 11) is 0. The highest BCUT2D eigenvalue weighted by molar-refractivity contribution is 5.44. The first-order valence-electron chi connectivity index (χ1n) is 11.1. The molecule has 32 heavy (non-hydrogen) atoms. The molecular weight excluding hydrogens is 396 g/mol. The maximum Gasteiger partial charge on any atom is 0.205 e. The molecule has 2 aromatic carbocycles. The number of benzene rings is 2. The van der Waals surface area contributed by atoms with Crippen molar-refractivity contribution in [3.8, 4) is 35.2 Å². The Morgan fingerprint density at radius 3 is 1.50 bits per heavy atom. The fraction of sp³-hybridized carbons (Fsp3) is 0.286. The van der Waals surface area contributed by atoms with Gasteiger partial charge in [0.15, 0.2) is 0 Å². The smallest absolute Gasteiger partial charge is 0.205 e. The van der Waals surface area contributed by atoms with Gasteiger partial charge in [-0.2, -0.15) is 0 Å². The summed E-state index contributed by atoms with van der Waals surface area (Å²) in [5.74, 6) is 14.5. The van der Waals surface area contributed by atoms with Gasteiger partial charge < -0.3 is 9.47 Å². The zero-order valence-corrected chi connectivity index (χ0v) is 18.7. The number of hydrogen-bond donors (Lipinski definition) is 0. The van der Waals surface area contributed by atoms with Crippen LogP contribution in [0.25, 0.3) is 0 Å². The van der Waals surface area contributed by atoms with Gasteiger partial charge in [-0.1, -0.05) is 44.5 Å². The molecule has 3 aromatic rings. The second-order valence-corrected chi connectivity index (χ2v) is 7.25. The van der Waals surface area contributed by atoms with Gasteiger partial charge in [0.25, 0.3) is 0 Å². The van der Waals surface area contributed by atoms with Gasteiger partial charge in [0.05, 0.1) is 18.8 Å². The van der Waals surface area contributed by atoms with Gasteiger partial charge in [0.2, 0.25) is 5.82 Å². The largest absolute Gasteiger partial charge is 0.494 e. The molecule has 0 bridgehead atoms. The summed E-state index contributed by atoms with van der Waals surface area (Å²) in [4.78, 5) is 8.59. The van der Waals surface area contributed by atoms with Crippen LogP contribution in [0.1, 0.15) is 62.0 Å². The Morgan fingerprint density at radius 2 is 1.03 bits per heavy atom. The number of nitrogens with zero attached hydrogens (tertiary/aromatic N) is 2. The lowest BCUT2D eigenvalue weighted by Crippen LogP contribution is -1.96. The molecule has 3 rings (SSSR count). The van der Waals surface area contributed by atoms with Crippen LogP contribution in [0.3, 0.4) is 0 Å². The van der Waals surface area contributed by atoms with Crippen LogP contribution >= 0.6 is 0 Å². The van der Waals surface area contributed by atoms with Crippen molar-refractivity contribution in [2.24, 2.45) is 0 Å². The molecule has 0 N–H and O–H groups in total. The van der Waals surface area contributed by atoms with Crippen molar-refractivity contribution < 1.29 is 9.47 Å². The van der Waals surface area contributed by atoms with E-state index in [-0.39, 0.29) is 0 Å². The molecule has 0 amide bonds. The van der Waals surface area contributed by atoms with Crippen LogP contribution in [0.5, 0.6) is 11.5 Å². The third kappa shape index (κ3) is 7.82. The van der Waals surface area contributed by atoms with Gasteiger partial charge in [-0.3, -0.25) is 0 Å². The minimum Gasteiger partial charge on any atom is -0.494 e. The Morgan fingerprint density at radius 1 is 0.594 bits per heavy atom. The van der Waals surface area contributed by atoms with E-state index >= 15 is 0 Å². The van der Waals surface area contributed by atoms with E-state index in [1.54, 1.807) is 12.4 Å². The maximum atomic E-state index is 5.67. The molecule has 0 saturated heterocycles. The van der Waals surface area contributed by atoms with Gasteiger partial charge >= 0.3 is 0 Å². The van der Waals surface area contributed by atoms with E-state index in [2.05, 4.69) is 47.5 Å². The van der Waals surface area contributed by atoms with E-state index < -0.39 is 0 Å². The average molecular weight is 425 g/mol. The average Bonchev–Trinajstić information content (AvgIpc) is 2.84. The van der Waals surface area contributed by atoms with Crippen LogP contribution in [-0.4, -0.2) is 23.2 Å². The normalized spacial score (nSPS) is 9.81. The molecular formula is C28H28N2O2. The van der Waals surface area contributed by atoms with E-state index in [1.165, 1.54) is 0 Å². The Balaban J connectivity index is 1.55. The van der Waals surface area contributed by atoms with Crippen LogP contribution in [0, 0.1) is 23.7 Å². The molecule has 0 aliphatic rings. The number of rotatable bonds is 8. The first-order chi connectivity index (χ1) is 15.8. The van der Waals surface area contributed by atoms with Crippen LogP contribution in [0.2, 0.25) is 0 Å².